The summed E-state index contributed by atoms with van der Waals surface area (Å²) in [6.45, 7) is 1.70. The first-order valence-corrected chi connectivity index (χ1v) is 15.2. The summed E-state index contributed by atoms with van der Waals surface area (Å²) in [4.78, 5) is 18.7. The summed E-state index contributed by atoms with van der Waals surface area (Å²) in [5.74, 6) is 0.430. The van der Waals surface area contributed by atoms with Crippen molar-refractivity contribution >= 4 is 32.7 Å². The first kappa shape index (κ1) is 28.3. The maximum Gasteiger partial charge on any atom is 0.417 e. The molecule has 4 aromatic rings. The molecule has 226 valence electrons. The third-order valence-electron chi connectivity index (χ3n) is 8.85. The number of thiazole rings is 1. The molecule has 0 unspecified atom stereocenters. The van der Waals surface area contributed by atoms with Crippen LogP contribution in [0, 0.1) is 17.7 Å². The average Bonchev–Trinajstić information content (AvgIpc) is 3.39. The van der Waals surface area contributed by atoms with E-state index in [4.69, 9.17) is 14.0 Å². The van der Waals surface area contributed by atoms with E-state index < -0.39 is 23.5 Å². The molecule has 0 bridgehead atoms. The van der Waals surface area contributed by atoms with Gasteiger partial charge in [0, 0.05) is 30.1 Å². The number of rotatable bonds is 7. The molecule has 0 amide bonds. The molecule has 3 aliphatic rings. The van der Waals surface area contributed by atoms with Gasteiger partial charge >= 0.3 is 12.1 Å². The second-order valence-electron chi connectivity index (χ2n) is 11.7. The van der Waals surface area contributed by atoms with Crippen LogP contribution in [0.5, 0.6) is 0 Å². The van der Waals surface area contributed by atoms with Gasteiger partial charge in [-0.05, 0) is 62.1 Å². The number of hydrogen-bond acceptors (Lipinski definition) is 8. The van der Waals surface area contributed by atoms with E-state index in [1.165, 1.54) is 30.6 Å². The molecule has 43 heavy (non-hydrogen) atoms. The van der Waals surface area contributed by atoms with E-state index in [9.17, 15) is 22.4 Å². The van der Waals surface area contributed by atoms with Gasteiger partial charge in [-0.2, -0.15) is 13.2 Å². The Morgan fingerprint density at radius 1 is 1.12 bits per heavy atom. The molecule has 7 rings (SSSR count). The largest absolute Gasteiger partial charge is 0.465 e. The van der Waals surface area contributed by atoms with E-state index in [1.54, 1.807) is 12.1 Å². The van der Waals surface area contributed by atoms with Crippen LogP contribution in [0.3, 0.4) is 0 Å². The van der Waals surface area contributed by atoms with Gasteiger partial charge in [0.2, 0.25) is 0 Å². The van der Waals surface area contributed by atoms with E-state index in [0.29, 0.717) is 33.0 Å². The van der Waals surface area contributed by atoms with Crippen LogP contribution >= 0.6 is 11.3 Å². The predicted octanol–water partition coefficient (Wildman–Crippen LogP) is 7.59. The quantitative estimate of drug-likeness (QED) is 0.157. The fourth-order valence-corrected chi connectivity index (χ4v) is 7.56. The van der Waals surface area contributed by atoms with Crippen molar-refractivity contribution in [3.05, 3.63) is 64.7 Å². The standard InChI is InChI=1S/C31H29F4N3O4S/c1-40-29(39)18-11-24(32)27-25(12-18)43-30(36-27)38-13-17-8-9-20(10-19(17)14-38)41-15-22-26(37-42-28(22)16-6-7-16)21-4-2-3-5-23(21)31(33,34)35/h2-5,11-12,16-17,19-20H,6-10,13-15H2,1H3/t17-,19+,20+/m1/s1. The van der Waals surface area contributed by atoms with Gasteiger partial charge in [0.15, 0.2) is 10.9 Å². The molecule has 0 radical (unpaired) electrons. The van der Waals surface area contributed by atoms with Crippen LogP contribution in [0.15, 0.2) is 40.9 Å². The van der Waals surface area contributed by atoms with Crippen LogP contribution in [-0.4, -0.2) is 42.4 Å². The Hall–Kier alpha value is -3.51. The van der Waals surface area contributed by atoms with Gasteiger partial charge in [0.1, 0.15) is 17.0 Å². The molecule has 7 nitrogen and oxygen atoms in total. The molecule has 2 aromatic carbocycles. The Balaban J connectivity index is 1.06. The molecule has 0 spiro atoms. The van der Waals surface area contributed by atoms with Crippen molar-refractivity contribution < 1.29 is 36.4 Å². The summed E-state index contributed by atoms with van der Waals surface area (Å²) < 4.78 is 73.5. The van der Waals surface area contributed by atoms with Crippen LogP contribution in [0.2, 0.25) is 0 Å². The number of fused-ring (bicyclic) bond motifs is 2. The molecule has 2 aliphatic carbocycles. The summed E-state index contributed by atoms with van der Waals surface area (Å²) in [6.07, 6.45) is -0.129. The molecule has 12 heteroatoms. The third kappa shape index (κ3) is 5.39. The highest BCUT2D eigenvalue weighted by molar-refractivity contribution is 7.22. The van der Waals surface area contributed by atoms with Gasteiger partial charge < -0.3 is 18.9 Å². The Morgan fingerprint density at radius 2 is 1.91 bits per heavy atom. The molecule has 2 saturated carbocycles. The van der Waals surface area contributed by atoms with Gasteiger partial charge in [0.05, 0.1) is 35.6 Å². The van der Waals surface area contributed by atoms with Crippen molar-refractivity contribution in [2.24, 2.45) is 11.8 Å². The number of carbonyl (C=O) groups is 1. The molecule has 3 atom stereocenters. The van der Waals surface area contributed by atoms with Gasteiger partial charge in [-0.1, -0.05) is 34.7 Å². The van der Waals surface area contributed by atoms with Crippen molar-refractivity contribution in [2.75, 3.05) is 25.1 Å². The van der Waals surface area contributed by atoms with Crippen LogP contribution in [-0.2, 0) is 22.3 Å². The molecule has 1 aliphatic heterocycles. The highest BCUT2D eigenvalue weighted by Gasteiger charge is 2.41. The van der Waals surface area contributed by atoms with Crippen molar-refractivity contribution in [1.29, 1.82) is 0 Å². The van der Waals surface area contributed by atoms with Gasteiger partial charge in [-0.25, -0.2) is 14.2 Å². The molecule has 3 heterocycles. The zero-order valence-corrected chi connectivity index (χ0v) is 24.1. The average molecular weight is 616 g/mol. The number of alkyl halides is 3. The third-order valence-corrected chi connectivity index (χ3v) is 9.91. The SMILES string of the molecule is COC(=O)c1cc(F)c2nc(N3C[C@H]4CC[C@H](OCc5c(-c6ccccc6C(F)(F)F)noc5C5CC5)C[C@H]4C3)sc2c1. The minimum atomic E-state index is -4.52. The lowest BCUT2D eigenvalue weighted by Gasteiger charge is -2.30. The Labute approximate surface area is 248 Å². The van der Waals surface area contributed by atoms with Crippen molar-refractivity contribution in [3.8, 4) is 11.3 Å². The summed E-state index contributed by atoms with van der Waals surface area (Å²) >= 11 is 1.36. The number of carbonyl (C=O) groups excluding carboxylic acids is 1. The van der Waals surface area contributed by atoms with Gasteiger partial charge in [-0.15, -0.1) is 0 Å². The topological polar surface area (TPSA) is 77.7 Å². The highest BCUT2D eigenvalue weighted by Crippen LogP contribution is 2.47. The van der Waals surface area contributed by atoms with Crippen LogP contribution in [0.25, 0.3) is 21.5 Å². The van der Waals surface area contributed by atoms with Crippen molar-refractivity contribution in [3.63, 3.8) is 0 Å². The number of esters is 1. The Bertz CT molecular complexity index is 1680. The van der Waals surface area contributed by atoms with Crippen molar-refractivity contribution in [2.45, 2.75) is 56.9 Å². The summed E-state index contributed by atoms with van der Waals surface area (Å²) in [5, 5.41) is 4.82. The Morgan fingerprint density at radius 3 is 2.67 bits per heavy atom. The maximum atomic E-state index is 14.7. The van der Waals surface area contributed by atoms with Crippen LogP contribution < -0.4 is 4.90 Å². The number of methoxy groups -OCH3 is 1. The van der Waals surface area contributed by atoms with Crippen LogP contribution in [0.4, 0.5) is 22.7 Å². The number of aromatic nitrogens is 2. The fourth-order valence-electron chi connectivity index (χ4n) is 6.52. The summed E-state index contributed by atoms with van der Waals surface area (Å²) in [7, 11) is 1.26. The molecule has 1 saturated heterocycles. The van der Waals surface area contributed by atoms with E-state index in [1.807, 2.05) is 0 Å². The first-order chi connectivity index (χ1) is 20.7. The molecule has 0 N–H and O–H groups in total. The fraction of sp³-hybridized carbons (Fsp3) is 0.452. The highest BCUT2D eigenvalue weighted by atomic mass is 32.1. The van der Waals surface area contributed by atoms with Crippen LogP contribution in [0.1, 0.15) is 65.3 Å². The number of ether oxygens (including phenoxy) is 2. The normalized spacial score (nSPS) is 22.3. The molecule has 2 aromatic heterocycles. The molecular weight excluding hydrogens is 586 g/mol. The molecule has 3 fully saturated rings. The van der Waals surface area contributed by atoms with E-state index in [-0.39, 0.29) is 41.0 Å². The summed E-state index contributed by atoms with van der Waals surface area (Å²) in [6, 6.07) is 8.21. The lowest BCUT2D eigenvalue weighted by molar-refractivity contribution is -0.137. The number of hydrogen-bond donors (Lipinski definition) is 0. The van der Waals surface area contributed by atoms with Crippen molar-refractivity contribution in [1.82, 2.24) is 10.1 Å². The summed E-state index contributed by atoms with van der Waals surface area (Å²) in [5.41, 5.74) is 0.471. The Kier molecular flexibility index (Phi) is 7.16. The van der Waals surface area contributed by atoms with E-state index in [0.717, 1.165) is 57.3 Å². The minimum absolute atomic E-state index is 0.00497. The predicted molar refractivity (Wildman–Crippen MR) is 151 cm³/mol. The maximum absolute atomic E-state index is 14.7. The number of anilines is 1. The second kappa shape index (κ2) is 10.9. The number of halogens is 4. The zero-order valence-electron chi connectivity index (χ0n) is 23.3. The van der Waals surface area contributed by atoms with E-state index in [2.05, 4.69) is 15.0 Å². The minimum Gasteiger partial charge on any atom is -0.465 e. The van der Waals surface area contributed by atoms with Gasteiger partial charge in [-0.3, -0.25) is 0 Å². The smallest absolute Gasteiger partial charge is 0.417 e. The lowest BCUT2D eigenvalue weighted by atomic mass is 9.80. The zero-order chi connectivity index (χ0) is 29.9. The number of nitrogens with zero attached hydrogens (tertiary/aromatic N) is 3. The first-order valence-electron chi connectivity index (χ1n) is 14.4. The van der Waals surface area contributed by atoms with Gasteiger partial charge in [0.25, 0.3) is 0 Å². The monoisotopic (exact) mass is 615 g/mol. The lowest BCUT2D eigenvalue weighted by Crippen LogP contribution is -2.28. The number of benzene rings is 2. The molecular formula is C31H29F4N3O4S. The van der Waals surface area contributed by atoms with E-state index >= 15 is 0 Å². The second-order valence-corrected chi connectivity index (χ2v) is 12.7.